The summed E-state index contributed by atoms with van der Waals surface area (Å²) in [4.78, 5) is 0. The first kappa shape index (κ1) is 20.1. The van der Waals surface area contributed by atoms with Crippen molar-refractivity contribution in [3.8, 4) is 0 Å². The maximum absolute atomic E-state index is 13.2. The summed E-state index contributed by atoms with van der Waals surface area (Å²) in [5.74, 6) is -1.35. The fourth-order valence-corrected chi connectivity index (χ4v) is 1.70. The van der Waals surface area contributed by atoms with Crippen LogP contribution in [0.4, 0.5) is 17.6 Å². The van der Waals surface area contributed by atoms with Crippen molar-refractivity contribution in [1.29, 1.82) is 0 Å². The Morgan fingerprint density at radius 2 is 1.71 bits per heavy atom. The minimum atomic E-state index is -4.79. The summed E-state index contributed by atoms with van der Waals surface area (Å²) in [6.07, 6.45) is -5.84. The molecule has 0 amide bonds. The summed E-state index contributed by atoms with van der Waals surface area (Å²) in [5.41, 5.74) is 4.24. The van der Waals surface area contributed by atoms with Crippen molar-refractivity contribution in [2.75, 3.05) is 0 Å². The predicted molar refractivity (Wildman–Crippen MR) is 75.7 cm³/mol. The first-order valence-corrected chi connectivity index (χ1v) is 6.23. The summed E-state index contributed by atoms with van der Waals surface area (Å²) in [5, 5.41) is 9.97. The summed E-state index contributed by atoms with van der Waals surface area (Å²) in [7, 11) is 0. The highest BCUT2D eigenvalue weighted by molar-refractivity contribution is 5.85. The molecule has 0 radical (unpaired) electrons. The predicted octanol–water partition coefficient (Wildman–Crippen LogP) is 4.06. The van der Waals surface area contributed by atoms with E-state index >= 15 is 0 Å². The van der Waals surface area contributed by atoms with E-state index < -0.39 is 29.7 Å². The van der Waals surface area contributed by atoms with Gasteiger partial charge in [0.1, 0.15) is 5.82 Å². The van der Waals surface area contributed by atoms with Crippen molar-refractivity contribution in [3.63, 3.8) is 0 Å². The zero-order chi connectivity index (χ0) is 15.7. The molecule has 3 N–H and O–H groups in total. The van der Waals surface area contributed by atoms with E-state index in [2.05, 4.69) is 0 Å². The van der Waals surface area contributed by atoms with Gasteiger partial charge in [0.05, 0.1) is 11.7 Å². The average molecular weight is 330 g/mol. The number of hydrogen-bond donors (Lipinski definition) is 2. The van der Waals surface area contributed by atoms with Crippen molar-refractivity contribution in [3.05, 3.63) is 35.1 Å². The van der Waals surface area contributed by atoms with Crippen LogP contribution in [0.15, 0.2) is 18.2 Å². The van der Waals surface area contributed by atoms with Gasteiger partial charge in [0, 0.05) is 6.04 Å². The van der Waals surface area contributed by atoms with Crippen LogP contribution in [0, 0.1) is 11.2 Å². The van der Waals surface area contributed by atoms with Crippen molar-refractivity contribution >= 4 is 12.4 Å². The third kappa shape index (κ3) is 5.45. The molecule has 0 saturated heterocycles. The van der Waals surface area contributed by atoms with Gasteiger partial charge in [-0.15, -0.1) is 12.4 Å². The van der Waals surface area contributed by atoms with Crippen molar-refractivity contribution in [2.24, 2.45) is 11.1 Å². The van der Waals surface area contributed by atoms with Gasteiger partial charge in [0.25, 0.3) is 0 Å². The normalized spacial score (nSPS) is 15.3. The van der Waals surface area contributed by atoms with E-state index in [1.165, 1.54) is 0 Å². The fourth-order valence-electron chi connectivity index (χ4n) is 1.70. The Kier molecular flexibility index (Phi) is 6.66. The van der Waals surface area contributed by atoms with E-state index in [1.807, 2.05) is 20.8 Å². The lowest BCUT2D eigenvalue weighted by atomic mass is 9.83. The SMILES string of the molecule is CC(C)(C)[C@@H](N)C[C@H](O)c1ccc(F)c(C(F)(F)F)c1.Cl. The lowest BCUT2D eigenvalue weighted by Crippen LogP contribution is -2.36. The van der Waals surface area contributed by atoms with Crippen LogP contribution in [0.5, 0.6) is 0 Å². The van der Waals surface area contributed by atoms with Gasteiger partial charge in [0.15, 0.2) is 0 Å². The van der Waals surface area contributed by atoms with E-state index in [1.54, 1.807) is 0 Å². The molecule has 0 aliphatic carbocycles. The molecule has 0 bridgehead atoms. The molecule has 1 aromatic rings. The summed E-state index contributed by atoms with van der Waals surface area (Å²) >= 11 is 0. The molecule has 0 aliphatic heterocycles. The number of alkyl halides is 3. The smallest absolute Gasteiger partial charge is 0.388 e. The van der Waals surface area contributed by atoms with Crippen molar-refractivity contribution < 1.29 is 22.7 Å². The van der Waals surface area contributed by atoms with Crippen LogP contribution in [-0.2, 0) is 6.18 Å². The van der Waals surface area contributed by atoms with E-state index in [0.29, 0.717) is 12.1 Å². The second kappa shape index (κ2) is 6.94. The maximum Gasteiger partial charge on any atom is 0.419 e. The van der Waals surface area contributed by atoms with Gasteiger partial charge in [-0.2, -0.15) is 13.2 Å². The standard InChI is InChI=1S/C14H19F4NO.ClH/c1-13(2,3)12(19)7-11(20)8-4-5-10(15)9(6-8)14(16,17)18;/h4-6,11-12,20H,7,19H2,1-3H3;1H/t11-,12-;/m0./s1. The van der Waals surface area contributed by atoms with Gasteiger partial charge in [0.2, 0.25) is 0 Å². The molecule has 0 spiro atoms. The minimum absolute atomic E-state index is 0. The molecule has 7 heteroatoms. The molecule has 2 nitrogen and oxygen atoms in total. The fraction of sp³-hybridized carbons (Fsp3) is 0.571. The number of aliphatic hydroxyl groups is 1. The van der Waals surface area contributed by atoms with Crippen molar-refractivity contribution in [2.45, 2.75) is 45.5 Å². The molecule has 0 heterocycles. The Hall–Kier alpha value is -0.850. The van der Waals surface area contributed by atoms with E-state index in [9.17, 15) is 22.7 Å². The molecule has 21 heavy (non-hydrogen) atoms. The Morgan fingerprint density at radius 3 is 2.14 bits per heavy atom. The van der Waals surface area contributed by atoms with Gasteiger partial charge < -0.3 is 10.8 Å². The molecule has 1 rings (SSSR count). The molecule has 1 aromatic carbocycles. The highest BCUT2D eigenvalue weighted by Gasteiger charge is 2.35. The van der Waals surface area contributed by atoms with Gasteiger partial charge >= 0.3 is 6.18 Å². The lowest BCUT2D eigenvalue weighted by molar-refractivity contribution is -0.140. The molecule has 0 saturated carbocycles. The van der Waals surface area contributed by atoms with Gasteiger partial charge in [-0.1, -0.05) is 26.8 Å². The van der Waals surface area contributed by atoms with Gasteiger partial charge in [-0.3, -0.25) is 0 Å². The summed E-state index contributed by atoms with van der Waals surface area (Å²) in [6.45, 7) is 5.61. The van der Waals surface area contributed by atoms with E-state index in [0.717, 1.165) is 6.07 Å². The highest BCUT2D eigenvalue weighted by atomic mass is 35.5. The number of halogens is 5. The van der Waals surface area contributed by atoms with Crippen LogP contribution in [0.1, 0.15) is 44.4 Å². The van der Waals surface area contributed by atoms with Crippen LogP contribution >= 0.6 is 12.4 Å². The zero-order valence-corrected chi connectivity index (χ0v) is 12.9. The molecule has 122 valence electrons. The maximum atomic E-state index is 13.2. The molecule has 0 aliphatic rings. The number of hydrogen-bond acceptors (Lipinski definition) is 2. The van der Waals surface area contributed by atoms with E-state index in [4.69, 9.17) is 5.73 Å². The number of nitrogens with two attached hydrogens (primary N) is 1. The molecule has 0 aromatic heterocycles. The third-order valence-corrected chi connectivity index (χ3v) is 3.27. The van der Waals surface area contributed by atoms with Crippen LogP contribution in [0.2, 0.25) is 0 Å². The number of benzene rings is 1. The van der Waals surface area contributed by atoms with Crippen LogP contribution in [-0.4, -0.2) is 11.1 Å². The Balaban J connectivity index is 0.00000400. The summed E-state index contributed by atoms with van der Waals surface area (Å²) in [6, 6.07) is 2.10. The first-order chi connectivity index (χ1) is 8.93. The Morgan fingerprint density at radius 1 is 1.19 bits per heavy atom. The highest BCUT2D eigenvalue weighted by Crippen LogP contribution is 2.34. The molecular weight excluding hydrogens is 310 g/mol. The third-order valence-electron chi connectivity index (χ3n) is 3.27. The van der Waals surface area contributed by atoms with Crippen molar-refractivity contribution in [1.82, 2.24) is 0 Å². The monoisotopic (exact) mass is 329 g/mol. The van der Waals surface area contributed by atoms with Crippen LogP contribution < -0.4 is 5.73 Å². The Bertz CT molecular complexity index is 471. The van der Waals surface area contributed by atoms with Crippen LogP contribution in [0.25, 0.3) is 0 Å². The second-order valence-corrected chi connectivity index (χ2v) is 5.96. The average Bonchev–Trinajstić information content (AvgIpc) is 2.26. The topological polar surface area (TPSA) is 46.2 Å². The quantitative estimate of drug-likeness (QED) is 0.821. The van der Waals surface area contributed by atoms with Gasteiger partial charge in [-0.25, -0.2) is 4.39 Å². The molecule has 2 atom stereocenters. The lowest BCUT2D eigenvalue weighted by Gasteiger charge is -2.29. The molecule has 0 fully saturated rings. The molecular formula is C14H20ClF4NO. The largest absolute Gasteiger partial charge is 0.419 e. The van der Waals surface area contributed by atoms with E-state index in [-0.39, 0.29) is 29.8 Å². The van der Waals surface area contributed by atoms with Crippen LogP contribution in [0.3, 0.4) is 0 Å². The number of rotatable bonds is 3. The first-order valence-electron chi connectivity index (χ1n) is 6.23. The number of aliphatic hydroxyl groups excluding tert-OH is 1. The Labute approximate surface area is 127 Å². The second-order valence-electron chi connectivity index (χ2n) is 5.96. The van der Waals surface area contributed by atoms with Gasteiger partial charge in [-0.05, 0) is 29.5 Å². The zero-order valence-electron chi connectivity index (χ0n) is 12.0. The summed E-state index contributed by atoms with van der Waals surface area (Å²) < 4.78 is 50.9. The molecule has 0 unspecified atom stereocenters. The minimum Gasteiger partial charge on any atom is -0.388 e.